The summed E-state index contributed by atoms with van der Waals surface area (Å²) in [6.45, 7) is 12.5. The predicted molar refractivity (Wildman–Crippen MR) is 80.6 cm³/mol. The zero-order chi connectivity index (χ0) is 14.8. The zero-order valence-corrected chi connectivity index (χ0v) is 13.2. The maximum atomic E-state index is 6.14. The Morgan fingerprint density at radius 3 is 2.15 bits per heavy atom. The fourth-order valence-electron chi connectivity index (χ4n) is 2.80. The number of rotatable bonds is 1. The van der Waals surface area contributed by atoms with Gasteiger partial charge in [0.2, 0.25) is 0 Å². The van der Waals surface area contributed by atoms with Gasteiger partial charge in [-0.15, -0.1) is 0 Å². The molecule has 0 radical (unpaired) electrons. The van der Waals surface area contributed by atoms with Crippen LogP contribution in [0.15, 0.2) is 18.2 Å². The van der Waals surface area contributed by atoms with E-state index >= 15 is 0 Å². The van der Waals surface area contributed by atoms with Crippen molar-refractivity contribution in [3.05, 3.63) is 23.8 Å². The van der Waals surface area contributed by atoms with Gasteiger partial charge in [0.25, 0.3) is 0 Å². The van der Waals surface area contributed by atoms with Gasteiger partial charge in [-0.25, -0.2) is 0 Å². The second-order valence-electron chi connectivity index (χ2n) is 7.46. The lowest BCUT2D eigenvalue weighted by Gasteiger charge is -2.32. The second-order valence-corrected chi connectivity index (χ2v) is 7.46. The molecule has 2 aliphatic heterocycles. The van der Waals surface area contributed by atoms with E-state index in [1.165, 1.54) is 5.56 Å². The summed E-state index contributed by atoms with van der Waals surface area (Å²) in [5.41, 5.74) is 1.44. The minimum Gasteiger partial charge on any atom is -0.488 e. The molecular formula is C16H23BO3. The van der Waals surface area contributed by atoms with E-state index in [-0.39, 0.29) is 23.9 Å². The standard InChI is InChI=1S/C16H23BO3/c1-14(2)10-11-8-7-9-12(13(11)18-14)17-19-15(3,4)16(5,6)20-17/h7-9H,10H2,1-6H3. The van der Waals surface area contributed by atoms with Crippen LogP contribution in [0.3, 0.4) is 0 Å². The highest BCUT2D eigenvalue weighted by molar-refractivity contribution is 6.63. The molecule has 108 valence electrons. The molecule has 4 heteroatoms. The van der Waals surface area contributed by atoms with E-state index in [9.17, 15) is 0 Å². The Kier molecular flexibility index (Phi) is 2.80. The van der Waals surface area contributed by atoms with Gasteiger partial charge in [0.1, 0.15) is 11.4 Å². The minimum atomic E-state index is -0.358. The molecule has 3 nitrogen and oxygen atoms in total. The van der Waals surface area contributed by atoms with Gasteiger partial charge in [0, 0.05) is 11.9 Å². The normalized spacial score (nSPS) is 25.4. The molecule has 1 aromatic carbocycles. The highest BCUT2D eigenvalue weighted by atomic mass is 16.7. The van der Waals surface area contributed by atoms with Crippen LogP contribution >= 0.6 is 0 Å². The van der Waals surface area contributed by atoms with Gasteiger partial charge >= 0.3 is 7.12 Å². The number of para-hydroxylation sites is 1. The van der Waals surface area contributed by atoms with E-state index in [2.05, 4.69) is 53.7 Å². The third-order valence-electron chi connectivity index (χ3n) is 4.63. The lowest BCUT2D eigenvalue weighted by atomic mass is 9.77. The molecule has 1 fully saturated rings. The van der Waals surface area contributed by atoms with Crippen molar-refractivity contribution in [3.63, 3.8) is 0 Å². The van der Waals surface area contributed by atoms with Crippen LogP contribution in [0.5, 0.6) is 5.75 Å². The molecule has 0 saturated carbocycles. The molecule has 0 unspecified atom stereocenters. The topological polar surface area (TPSA) is 27.7 Å². The fourth-order valence-corrected chi connectivity index (χ4v) is 2.80. The third kappa shape index (κ3) is 2.06. The van der Waals surface area contributed by atoms with Crippen LogP contribution in [0.25, 0.3) is 0 Å². The average Bonchev–Trinajstić information content (AvgIpc) is 2.70. The fraction of sp³-hybridized carbons (Fsp3) is 0.625. The summed E-state index contributed by atoms with van der Waals surface area (Å²) in [5, 5.41) is 0. The maximum Gasteiger partial charge on any atom is 0.498 e. The van der Waals surface area contributed by atoms with E-state index in [4.69, 9.17) is 14.0 Å². The lowest BCUT2D eigenvalue weighted by Crippen LogP contribution is -2.41. The molecule has 1 saturated heterocycles. The van der Waals surface area contributed by atoms with Crippen molar-refractivity contribution in [2.45, 2.75) is 64.8 Å². The van der Waals surface area contributed by atoms with E-state index < -0.39 is 0 Å². The van der Waals surface area contributed by atoms with E-state index in [1.54, 1.807) is 0 Å². The molecular weight excluding hydrogens is 251 g/mol. The number of hydrogen-bond acceptors (Lipinski definition) is 3. The van der Waals surface area contributed by atoms with Crippen LogP contribution in [0, 0.1) is 0 Å². The number of hydrogen-bond donors (Lipinski definition) is 0. The molecule has 1 aromatic rings. The number of ether oxygens (including phenoxy) is 1. The number of fused-ring (bicyclic) bond motifs is 1. The van der Waals surface area contributed by atoms with Crippen molar-refractivity contribution >= 4 is 12.6 Å². The van der Waals surface area contributed by atoms with E-state index in [0.717, 1.165) is 17.6 Å². The monoisotopic (exact) mass is 274 g/mol. The van der Waals surface area contributed by atoms with Crippen molar-refractivity contribution in [2.75, 3.05) is 0 Å². The summed E-state index contributed by atoms with van der Waals surface area (Å²) in [6, 6.07) is 6.23. The van der Waals surface area contributed by atoms with Gasteiger partial charge in [0.15, 0.2) is 0 Å². The molecule has 0 N–H and O–H groups in total. The molecule has 3 rings (SSSR count). The van der Waals surface area contributed by atoms with Crippen molar-refractivity contribution in [2.24, 2.45) is 0 Å². The van der Waals surface area contributed by atoms with Gasteiger partial charge in [-0.3, -0.25) is 0 Å². The Morgan fingerprint density at radius 2 is 1.55 bits per heavy atom. The first kappa shape index (κ1) is 14.0. The molecule has 2 aliphatic rings. The smallest absolute Gasteiger partial charge is 0.488 e. The lowest BCUT2D eigenvalue weighted by molar-refractivity contribution is 0.00578. The molecule has 2 heterocycles. The summed E-state index contributed by atoms with van der Waals surface area (Å²) in [7, 11) is -0.358. The summed E-state index contributed by atoms with van der Waals surface area (Å²) >= 11 is 0. The highest BCUT2D eigenvalue weighted by Gasteiger charge is 2.53. The summed E-state index contributed by atoms with van der Waals surface area (Å²) in [6.07, 6.45) is 0.926. The van der Waals surface area contributed by atoms with Gasteiger partial charge in [-0.1, -0.05) is 18.2 Å². The van der Waals surface area contributed by atoms with Gasteiger partial charge in [-0.05, 0) is 47.1 Å². The summed E-state index contributed by atoms with van der Waals surface area (Å²) in [4.78, 5) is 0. The van der Waals surface area contributed by atoms with Crippen molar-refractivity contribution in [1.82, 2.24) is 0 Å². The molecule has 0 aliphatic carbocycles. The third-order valence-corrected chi connectivity index (χ3v) is 4.63. The molecule has 0 spiro atoms. The maximum absolute atomic E-state index is 6.14. The van der Waals surface area contributed by atoms with Crippen molar-refractivity contribution in [1.29, 1.82) is 0 Å². The average molecular weight is 274 g/mol. The van der Waals surface area contributed by atoms with Crippen LogP contribution in [0.2, 0.25) is 0 Å². The van der Waals surface area contributed by atoms with E-state index in [1.807, 2.05) is 6.07 Å². The quantitative estimate of drug-likeness (QED) is 0.737. The first-order valence-corrected chi connectivity index (χ1v) is 7.28. The molecule has 0 aromatic heterocycles. The number of benzene rings is 1. The van der Waals surface area contributed by atoms with Crippen LogP contribution in [-0.4, -0.2) is 23.9 Å². The Balaban J connectivity index is 1.97. The Labute approximate surface area is 121 Å². The van der Waals surface area contributed by atoms with Crippen molar-refractivity contribution < 1.29 is 14.0 Å². The largest absolute Gasteiger partial charge is 0.498 e. The SMILES string of the molecule is CC1(C)Cc2cccc(B3OC(C)(C)C(C)(C)O3)c2O1. The molecule has 20 heavy (non-hydrogen) atoms. The first-order valence-electron chi connectivity index (χ1n) is 7.28. The van der Waals surface area contributed by atoms with Crippen LogP contribution in [0.4, 0.5) is 0 Å². The van der Waals surface area contributed by atoms with Gasteiger partial charge < -0.3 is 14.0 Å². The van der Waals surface area contributed by atoms with Crippen molar-refractivity contribution in [3.8, 4) is 5.75 Å². The highest BCUT2D eigenvalue weighted by Crippen LogP contribution is 2.39. The van der Waals surface area contributed by atoms with Crippen LogP contribution in [0.1, 0.15) is 47.1 Å². The summed E-state index contributed by atoms with van der Waals surface area (Å²) in [5.74, 6) is 0.941. The van der Waals surface area contributed by atoms with Gasteiger partial charge in [0.05, 0.1) is 11.2 Å². The molecule has 0 amide bonds. The predicted octanol–water partition coefficient (Wildman–Crippen LogP) is 2.70. The summed E-state index contributed by atoms with van der Waals surface area (Å²) < 4.78 is 18.4. The Bertz CT molecular complexity index is 533. The zero-order valence-electron chi connectivity index (χ0n) is 13.2. The molecule has 0 bridgehead atoms. The van der Waals surface area contributed by atoms with Crippen LogP contribution in [-0.2, 0) is 15.7 Å². The molecule has 0 atom stereocenters. The van der Waals surface area contributed by atoms with Crippen LogP contribution < -0.4 is 10.2 Å². The Hall–Kier alpha value is -0.995. The van der Waals surface area contributed by atoms with Gasteiger partial charge in [-0.2, -0.15) is 0 Å². The Morgan fingerprint density at radius 1 is 0.950 bits per heavy atom. The minimum absolute atomic E-state index is 0.151. The van der Waals surface area contributed by atoms with E-state index in [0.29, 0.717) is 0 Å². The first-order chi connectivity index (χ1) is 9.11. The second kappa shape index (κ2) is 4.02.